The molecule has 1 aromatic rings. The second-order valence-corrected chi connectivity index (χ2v) is 13.0. The SMILES string of the molecule is COc1ccc(C[C@@H]2NC(=O)[C@H](CC(C)C)NC(=O)CN(S(C)(=O)=O)C[C@H](C(C)C)NC(=O)[C@@H](C)NC2=O)cc1. The molecule has 0 bridgehead atoms. The number of amides is 4. The Balaban J connectivity index is 2.48. The van der Waals surface area contributed by atoms with E-state index in [0.717, 1.165) is 16.1 Å². The van der Waals surface area contributed by atoms with Crippen LogP contribution in [0, 0.1) is 11.8 Å². The van der Waals surface area contributed by atoms with Crippen LogP contribution < -0.4 is 26.0 Å². The first kappa shape index (κ1) is 33.0. The lowest BCUT2D eigenvalue weighted by Crippen LogP contribution is -2.57. The number of carbonyl (C=O) groups excluding carboxylic acids is 4. The molecule has 0 aliphatic carbocycles. The van der Waals surface area contributed by atoms with Crippen LogP contribution in [0.25, 0.3) is 0 Å². The van der Waals surface area contributed by atoms with Gasteiger partial charge in [-0.3, -0.25) is 19.2 Å². The van der Waals surface area contributed by atoms with Gasteiger partial charge in [0.15, 0.2) is 0 Å². The van der Waals surface area contributed by atoms with Crippen molar-refractivity contribution in [3.8, 4) is 5.75 Å². The fraction of sp³-hybridized carbons (Fsp3) is 0.630. The Morgan fingerprint density at radius 1 is 0.900 bits per heavy atom. The van der Waals surface area contributed by atoms with E-state index in [1.54, 1.807) is 24.3 Å². The highest BCUT2D eigenvalue weighted by Crippen LogP contribution is 2.14. The first-order valence-corrected chi connectivity index (χ1v) is 15.2. The van der Waals surface area contributed by atoms with Crippen molar-refractivity contribution in [1.29, 1.82) is 0 Å². The monoisotopic (exact) mass is 581 g/mol. The van der Waals surface area contributed by atoms with Gasteiger partial charge in [0, 0.05) is 19.0 Å². The zero-order valence-electron chi connectivity index (χ0n) is 24.3. The number of hydrogen-bond acceptors (Lipinski definition) is 7. The van der Waals surface area contributed by atoms with Gasteiger partial charge < -0.3 is 26.0 Å². The maximum Gasteiger partial charge on any atom is 0.243 e. The molecule has 0 unspecified atom stereocenters. The third-order valence-electron chi connectivity index (χ3n) is 6.66. The van der Waals surface area contributed by atoms with Gasteiger partial charge in [-0.25, -0.2) is 8.42 Å². The Labute approximate surface area is 237 Å². The highest BCUT2D eigenvalue weighted by Gasteiger charge is 2.33. The van der Waals surface area contributed by atoms with E-state index in [4.69, 9.17) is 4.74 Å². The molecule has 12 nitrogen and oxygen atoms in total. The highest BCUT2D eigenvalue weighted by molar-refractivity contribution is 7.88. The molecule has 0 radical (unpaired) electrons. The lowest BCUT2D eigenvalue weighted by atomic mass is 10.0. The fourth-order valence-electron chi connectivity index (χ4n) is 4.23. The summed E-state index contributed by atoms with van der Waals surface area (Å²) in [6.45, 7) is 8.22. The van der Waals surface area contributed by atoms with Crippen LogP contribution in [0.5, 0.6) is 5.75 Å². The van der Waals surface area contributed by atoms with Crippen molar-refractivity contribution < 1.29 is 32.3 Å². The van der Waals surface area contributed by atoms with Gasteiger partial charge in [-0.1, -0.05) is 39.8 Å². The van der Waals surface area contributed by atoms with Crippen LogP contribution >= 0.6 is 0 Å². The van der Waals surface area contributed by atoms with Crippen molar-refractivity contribution in [2.75, 3.05) is 26.5 Å². The molecule has 0 saturated carbocycles. The normalized spacial score (nSPS) is 24.4. The molecule has 1 aliphatic rings. The summed E-state index contributed by atoms with van der Waals surface area (Å²) in [4.78, 5) is 52.8. The molecular weight excluding hydrogens is 538 g/mol. The van der Waals surface area contributed by atoms with E-state index in [2.05, 4.69) is 21.3 Å². The zero-order valence-corrected chi connectivity index (χ0v) is 25.1. The van der Waals surface area contributed by atoms with Gasteiger partial charge in [0.25, 0.3) is 0 Å². The number of nitrogens with one attached hydrogen (secondary N) is 4. The summed E-state index contributed by atoms with van der Waals surface area (Å²) >= 11 is 0. The maximum atomic E-state index is 13.4. The number of sulfonamides is 1. The number of methoxy groups -OCH3 is 1. The maximum absolute atomic E-state index is 13.4. The molecule has 1 aromatic carbocycles. The van der Waals surface area contributed by atoms with Crippen LogP contribution in [-0.2, 0) is 35.6 Å². The molecule has 1 fully saturated rings. The van der Waals surface area contributed by atoms with Crippen molar-refractivity contribution in [3.05, 3.63) is 29.8 Å². The number of rotatable bonds is 7. The lowest BCUT2D eigenvalue weighted by Gasteiger charge is -2.29. The summed E-state index contributed by atoms with van der Waals surface area (Å²) in [7, 11) is -2.30. The minimum atomic E-state index is -3.84. The topological polar surface area (TPSA) is 163 Å². The second kappa shape index (κ2) is 14.4. The quantitative estimate of drug-likeness (QED) is 0.357. The Morgan fingerprint density at radius 3 is 2.02 bits per heavy atom. The Kier molecular flexibility index (Phi) is 11.9. The summed E-state index contributed by atoms with van der Waals surface area (Å²) in [5.41, 5.74) is 0.740. The number of ether oxygens (including phenoxy) is 1. The Hall–Kier alpha value is -3.19. The molecule has 4 N–H and O–H groups in total. The lowest BCUT2D eigenvalue weighted by molar-refractivity contribution is -0.133. The molecule has 224 valence electrons. The van der Waals surface area contributed by atoms with Gasteiger partial charge in [-0.15, -0.1) is 0 Å². The Bertz CT molecular complexity index is 1150. The molecule has 4 amide bonds. The summed E-state index contributed by atoms with van der Waals surface area (Å²) in [6, 6.07) is 3.32. The summed E-state index contributed by atoms with van der Waals surface area (Å²) < 4.78 is 31.3. The van der Waals surface area contributed by atoms with Crippen LogP contribution in [0.15, 0.2) is 24.3 Å². The van der Waals surface area contributed by atoms with E-state index >= 15 is 0 Å². The standard InChI is InChI=1S/C27H43N5O7S/c1-16(2)12-21-27(36)30-22(13-19-8-10-20(39-6)11-9-19)26(35)28-18(5)25(34)31-23(17(3)4)14-32(40(7,37)38)15-24(33)29-21/h8-11,16-18,21-23H,12-15H2,1-7H3,(H,28,35)(H,29,33)(H,30,36)(H,31,34)/t18-,21+,22+,23-/m1/s1. The molecule has 1 aliphatic heterocycles. The molecular formula is C27H43N5O7S. The van der Waals surface area contributed by atoms with Gasteiger partial charge in [0.1, 0.15) is 23.9 Å². The van der Waals surface area contributed by atoms with Gasteiger partial charge in [-0.05, 0) is 42.9 Å². The van der Waals surface area contributed by atoms with E-state index in [9.17, 15) is 27.6 Å². The van der Waals surface area contributed by atoms with Crippen LogP contribution in [0.3, 0.4) is 0 Å². The van der Waals surface area contributed by atoms with Crippen molar-refractivity contribution in [1.82, 2.24) is 25.6 Å². The molecule has 40 heavy (non-hydrogen) atoms. The molecule has 0 aromatic heterocycles. The van der Waals surface area contributed by atoms with E-state index in [-0.39, 0.29) is 31.2 Å². The predicted octanol–water partition coefficient (Wildman–Crippen LogP) is 0.174. The first-order chi connectivity index (χ1) is 18.6. The van der Waals surface area contributed by atoms with Crippen LogP contribution in [-0.4, -0.2) is 87.0 Å². The van der Waals surface area contributed by atoms with Gasteiger partial charge >= 0.3 is 0 Å². The molecule has 1 saturated heterocycles. The molecule has 0 spiro atoms. The van der Waals surface area contributed by atoms with Crippen molar-refractivity contribution in [3.63, 3.8) is 0 Å². The van der Waals surface area contributed by atoms with Gasteiger partial charge in [-0.2, -0.15) is 4.31 Å². The summed E-state index contributed by atoms with van der Waals surface area (Å²) in [5.74, 6) is -1.90. The van der Waals surface area contributed by atoms with E-state index in [1.807, 2.05) is 27.7 Å². The number of carbonyl (C=O) groups is 4. The summed E-state index contributed by atoms with van der Waals surface area (Å²) in [6.07, 6.45) is 1.37. The molecule has 4 atom stereocenters. The van der Waals surface area contributed by atoms with Crippen molar-refractivity contribution >= 4 is 33.7 Å². The average Bonchev–Trinajstić information content (AvgIpc) is 2.85. The number of hydrogen-bond donors (Lipinski definition) is 4. The zero-order chi connectivity index (χ0) is 30.2. The third kappa shape index (κ3) is 10.1. The molecule has 2 rings (SSSR count). The highest BCUT2D eigenvalue weighted by atomic mass is 32.2. The number of benzene rings is 1. The largest absolute Gasteiger partial charge is 0.497 e. The predicted molar refractivity (Wildman–Crippen MR) is 151 cm³/mol. The van der Waals surface area contributed by atoms with Crippen LogP contribution in [0.4, 0.5) is 0 Å². The molecule has 1 heterocycles. The van der Waals surface area contributed by atoms with E-state index in [0.29, 0.717) is 5.75 Å². The second-order valence-electron chi connectivity index (χ2n) is 11.0. The fourth-order valence-corrected chi connectivity index (χ4v) is 5.01. The Morgan fingerprint density at radius 2 is 1.50 bits per heavy atom. The van der Waals surface area contributed by atoms with E-state index < -0.39 is 64.4 Å². The van der Waals surface area contributed by atoms with Gasteiger partial charge in [0.2, 0.25) is 33.7 Å². The smallest absolute Gasteiger partial charge is 0.243 e. The number of nitrogens with zero attached hydrogens (tertiary/aromatic N) is 1. The van der Waals surface area contributed by atoms with Crippen LogP contribution in [0.1, 0.15) is 46.6 Å². The van der Waals surface area contributed by atoms with Crippen molar-refractivity contribution in [2.24, 2.45) is 11.8 Å². The minimum absolute atomic E-state index is 0.00479. The van der Waals surface area contributed by atoms with Crippen LogP contribution in [0.2, 0.25) is 0 Å². The third-order valence-corrected chi connectivity index (χ3v) is 7.88. The average molecular weight is 582 g/mol. The first-order valence-electron chi connectivity index (χ1n) is 13.4. The minimum Gasteiger partial charge on any atom is -0.497 e. The summed E-state index contributed by atoms with van der Waals surface area (Å²) in [5, 5.41) is 10.9. The van der Waals surface area contributed by atoms with E-state index in [1.165, 1.54) is 14.0 Å². The van der Waals surface area contributed by atoms with Crippen molar-refractivity contribution in [2.45, 2.75) is 71.6 Å². The van der Waals surface area contributed by atoms with Gasteiger partial charge in [0.05, 0.1) is 19.9 Å². The molecule has 13 heteroatoms.